The Morgan fingerprint density at radius 1 is 0.839 bits per heavy atom. The number of ketones is 1. The number of benzene rings is 3. The summed E-state index contributed by atoms with van der Waals surface area (Å²) in [5.74, 6) is -0.931. The zero-order valence-corrected chi connectivity index (χ0v) is 16.9. The van der Waals surface area contributed by atoms with E-state index in [1.807, 2.05) is 41.3 Å². The number of halogens is 1. The number of hydrogen-bond donors (Lipinski definition) is 0. The van der Waals surface area contributed by atoms with Crippen molar-refractivity contribution in [3.8, 4) is 0 Å². The van der Waals surface area contributed by atoms with E-state index in [-0.39, 0.29) is 23.8 Å². The third-order valence-electron chi connectivity index (χ3n) is 5.94. The van der Waals surface area contributed by atoms with Crippen LogP contribution in [0.25, 0.3) is 10.9 Å². The number of para-hydroxylation sites is 1. The van der Waals surface area contributed by atoms with Crippen LogP contribution in [0.2, 0.25) is 0 Å². The van der Waals surface area contributed by atoms with Crippen molar-refractivity contribution >= 4 is 22.6 Å². The van der Waals surface area contributed by atoms with Crippen molar-refractivity contribution in [1.82, 2.24) is 9.47 Å². The van der Waals surface area contributed by atoms with E-state index in [2.05, 4.69) is 12.1 Å². The minimum atomic E-state index is -0.549. The number of nitrogens with zero attached hydrogens (tertiary/aromatic N) is 2. The van der Waals surface area contributed by atoms with Gasteiger partial charge in [0.15, 0.2) is 5.78 Å². The number of aromatic nitrogens is 1. The van der Waals surface area contributed by atoms with Gasteiger partial charge in [-0.3, -0.25) is 9.59 Å². The molecule has 1 aromatic heterocycles. The minimum absolute atomic E-state index is 0.000136. The molecule has 0 aliphatic carbocycles. The van der Waals surface area contributed by atoms with E-state index in [0.29, 0.717) is 24.0 Å². The van der Waals surface area contributed by atoms with Gasteiger partial charge in [-0.1, -0.05) is 54.6 Å². The van der Waals surface area contributed by atoms with Gasteiger partial charge in [0.1, 0.15) is 12.4 Å². The lowest BCUT2D eigenvalue weighted by molar-refractivity contribution is -0.132. The lowest BCUT2D eigenvalue weighted by atomic mass is 10.00. The van der Waals surface area contributed by atoms with Crippen LogP contribution in [0.15, 0.2) is 79.0 Å². The molecule has 5 heteroatoms. The monoisotopic (exact) mass is 412 g/mol. The minimum Gasteiger partial charge on any atom is -0.337 e. The first-order chi connectivity index (χ1) is 15.1. The second-order valence-electron chi connectivity index (χ2n) is 7.83. The topological polar surface area (TPSA) is 42.3 Å². The van der Waals surface area contributed by atoms with Crippen LogP contribution in [0.5, 0.6) is 0 Å². The highest BCUT2D eigenvalue weighted by atomic mass is 19.1. The van der Waals surface area contributed by atoms with Gasteiger partial charge in [0.2, 0.25) is 5.91 Å². The van der Waals surface area contributed by atoms with Gasteiger partial charge < -0.3 is 9.47 Å². The predicted molar refractivity (Wildman–Crippen MR) is 117 cm³/mol. The van der Waals surface area contributed by atoms with Gasteiger partial charge in [-0.15, -0.1) is 0 Å². The molecule has 2 heterocycles. The fraction of sp³-hybridized carbons (Fsp3) is 0.154. The summed E-state index contributed by atoms with van der Waals surface area (Å²) in [7, 11) is 0. The fourth-order valence-electron chi connectivity index (χ4n) is 4.30. The number of carbonyl (C=O) groups excluding carboxylic acids is 2. The van der Waals surface area contributed by atoms with E-state index in [1.165, 1.54) is 23.3 Å². The summed E-state index contributed by atoms with van der Waals surface area (Å²) in [4.78, 5) is 28.0. The van der Waals surface area contributed by atoms with Gasteiger partial charge in [-0.05, 0) is 35.7 Å². The standard InChI is InChI=1S/C26H21FN2O2/c27-23-11-5-3-10-21(23)26(31)22-16-29(24-12-6-4-9-20(22)24)17-25(30)28-14-13-18-7-1-2-8-19(18)15-28/h1-12,16H,13-15,17H2. The van der Waals surface area contributed by atoms with Gasteiger partial charge in [0.25, 0.3) is 0 Å². The Kier molecular flexibility index (Phi) is 4.86. The molecule has 0 atom stereocenters. The van der Waals surface area contributed by atoms with Crippen LogP contribution in [-0.2, 0) is 24.3 Å². The van der Waals surface area contributed by atoms with Gasteiger partial charge in [-0.2, -0.15) is 0 Å². The first kappa shape index (κ1) is 19.2. The average molecular weight is 412 g/mol. The smallest absolute Gasteiger partial charge is 0.242 e. The highest BCUT2D eigenvalue weighted by Crippen LogP contribution is 2.26. The van der Waals surface area contributed by atoms with Crippen LogP contribution in [0, 0.1) is 5.82 Å². The molecule has 5 rings (SSSR count). The summed E-state index contributed by atoms with van der Waals surface area (Å²) < 4.78 is 16.0. The molecule has 0 unspecified atom stereocenters. The molecule has 0 N–H and O–H groups in total. The highest BCUT2D eigenvalue weighted by Gasteiger charge is 2.23. The van der Waals surface area contributed by atoms with Crippen LogP contribution in [0.1, 0.15) is 27.0 Å². The molecule has 0 radical (unpaired) electrons. The normalized spacial score (nSPS) is 13.3. The van der Waals surface area contributed by atoms with Crippen molar-refractivity contribution in [2.45, 2.75) is 19.5 Å². The first-order valence-electron chi connectivity index (χ1n) is 10.3. The number of hydrogen-bond acceptors (Lipinski definition) is 2. The molecule has 0 saturated carbocycles. The Morgan fingerprint density at radius 3 is 2.39 bits per heavy atom. The van der Waals surface area contributed by atoms with Crippen LogP contribution in [0.3, 0.4) is 0 Å². The lowest BCUT2D eigenvalue weighted by Gasteiger charge is -2.29. The highest BCUT2D eigenvalue weighted by molar-refractivity contribution is 6.16. The summed E-state index contributed by atoms with van der Waals surface area (Å²) >= 11 is 0. The maximum Gasteiger partial charge on any atom is 0.242 e. The molecule has 154 valence electrons. The summed E-state index contributed by atoms with van der Waals surface area (Å²) in [5, 5.41) is 0.715. The molecule has 0 bridgehead atoms. The third-order valence-corrected chi connectivity index (χ3v) is 5.94. The number of rotatable bonds is 4. The maximum atomic E-state index is 14.2. The number of amides is 1. The van der Waals surface area contributed by atoms with Crippen LogP contribution in [-0.4, -0.2) is 27.7 Å². The van der Waals surface area contributed by atoms with Gasteiger partial charge in [0, 0.05) is 35.8 Å². The van der Waals surface area contributed by atoms with Crippen molar-refractivity contribution in [1.29, 1.82) is 0 Å². The molecule has 4 aromatic rings. The number of fused-ring (bicyclic) bond motifs is 2. The second-order valence-corrected chi connectivity index (χ2v) is 7.83. The Hall–Kier alpha value is -3.73. The number of carbonyl (C=O) groups is 2. The first-order valence-corrected chi connectivity index (χ1v) is 10.3. The van der Waals surface area contributed by atoms with Crippen LogP contribution in [0.4, 0.5) is 4.39 Å². The Labute approximate surface area is 179 Å². The van der Waals surface area contributed by atoms with Crippen LogP contribution < -0.4 is 0 Å². The van der Waals surface area contributed by atoms with E-state index >= 15 is 0 Å². The predicted octanol–water partition coefficient (Wildman–Crippen LogP) is 4.60. The van der Waals surface area contributed by atoms with Crippen molar-refractivity contribution in [3.63, 3.8) is 0 Å². The van der Waals surface area contributed by atoms with E-state index in [0.717, 1.165) is 11.9 Å². The summed E-state index contributed by atoms with van der Waals surface area (Å²) in [6.45, 7) is 1.40. The second kappa shape index (κ2) is 7.84. The fourth-order valence-corrected chi connectivity index (χ4v) is 4.30. The third kappa shape index (κ3) is 3.52. The van der Waals surface area contributed by atoms with Gasteiger partial charge in [-0.25, -0.2) is 4.39 Å². The van der Waals surface area contributed by atoms with Crippen molar-refractivity contribution in [3.05, 3.63) is 107 Å². The average Bonchev–Trinajstić information content (AvgIpc) is 3.17. The summed E-state index contributed by atoms with van der Waals surface area (Å²) in [5.41, 5.74) is 3.68. The molecule has 0 spiro atoms. The Balaban J connectivity index is 1.45. The van der Waals surface area contributed by atoms with Crippen molar-refractivity contribution in [2.75, 3.05) is 6.54 Å². The van der Waals surface area contributed by atoms with E-state index < -0.39 is 5.82 Å². The van der Waals surface area contributed by atoms with Crippen molar-refractivity contribution in [2.24, 2.45) is 0 Å². The lowest BCUT2D eigenvalue weighted by Crippen LogP contribution is -2.37. The molecule has 1 aliphatic rings. The SMILES string of the molecule is O=C(c1ccccc1F)c1cn(CC(=O)N2CCc3ccccc3C2)c2ccccc12. The maximum absolute atomic E-state index is 14.2. The van der Waals surface area contributed by atoms with E-state index in [1.54, 1.807) is 22.9 Å². The molecule has 0 fully saturated rings. The molecule has 1 aliphatic heterocycles. The van der Waals surface area contributed by atoms with Crippen molar-refractivity contribution < 1.29 is 14.0 Å². The Bertz CT molecular complexity index is 1310. The van der Waals surface area contributed by atoms with Gasteiger partial charge in [0.05, 0.1) is 5.56 Å². The zero-order valence-electron chi connectivity index (χ0n) is 16.9. The van der Waals surface area contributed by atoms with Gasteiger partial charge >= 0.3 is 0 Å². The largest absolute Gasteiger partial charge is 0.337 e. The quantitative estimate of drug-likeness (QED) is 0.460. The Morgan fingerprint density at radius 2 is 1.55 bits per heavy atom. The van der Waals surface area contributed by atoms with E-state index in [9.17, 15) is 14.0 Å². The van der Waals surface area contributed by atoms with Crippen LogP contribution >= 0.6 is 0 Å². The zero-order chi connectivity index (χ0) is 21.4. The molecule has 1 amide bonds. The summed E-state index contributed by atoms with van der Waals surface area (Å²) in [6, 6.07) is 21.6. The molecule has 3 aromatic carbocycles. The molecule has 31 heavy (non-hydrogen) atoms. The molecule has 4 nitrogen and oxygen atoms in total. The molecular formula is C26H21FN2O2. The summed E-state index contributed by atoms with van der Waals surface area (Å²) in [6.07, 6.45) is 2.51. The molecular weight excluding hydrogens is 391 g/mol. The molecule has 0 saturated heterocycles. The van der Waals surface area contributed by atoms with E-state index in [4.69, 9.17) is 0 Å².